The molecule has 3 N–H and O–H groups in total. The van der Waals surface area contributed by atoms with Gasteiger partial charge in [-0.2, -0.15) is 0 Å². The van der Waals surface area contributed by atoms with E-state index in [1.54, 1.807) is 6.08 Å². The molecular weight excluding hydrogens is 1330 g/mol. The van der Waals surface area contributed by atoms with E-state index in [-0.39, 0.29) is 25.7 Å². The number of aliphatic hydroxyl groups excluding tert-OH is 1. The maximum absolute atomic E-state index is 13.1. The Morgan fingerprint density at radius 2 is 0.559 bits per heavy atom. The van der Waals surface area contributed by atoms with Crippen LogP contribution in [0.2, 0.25) is 0 Å². The summed E-state index contributed by atoms with van der Waals surface area (Å²) < 4.78 is 68.4. The Balaban J connectivity index is 5.47. The second-order valence-electron chi connectivity index (χ2n) is 25.9. The molecule has 102 heavy (non-hydrogen) atoms. The van der Waals surface area contributed by atoms with E-state index in [4.69, 9.17) is 37.0 Å². The number of ether oxygens (including phenoxy) is 4. The van der Waals surface area contributed by atoms with Gasteiger partial charge in [0.25, 0.3) is 0 Å². The number of allylic oxidation sites excluding steroid dienone is 21. The smallest absolute Gasteiger partial charge is 0.462 e. The molecule has 584 valence electrons. The summed E-state index contributed by atoms with van der Waals surface area (Å²) in [6.07, 6.45) is 83.3. The van der Waals surface area contributed by atoms with Crippen molar-refractivity contribution >= 4 is 39.5 Å². The van der Waals surface area contributed by atoms with E-state index in [0.717, 1.165) is 122 Å². The van der Waals surface area contributed by atoms with Gasteiger partial charge in [-0.3, -0.25) is 37.3 Å². The monoisotopic (exact) mass is 1470 g/mol. The lowest BCUT2D eigenvalue weighted by atomic mass is 10.0. The average Bonchev–Trinajstić information content (AvgIpc) is 0.923. The van der Waals surface area contributed by atoms with Crippen LogP contribution < -0.4 is 0 Å². The Hall–Kier alpha value is -4.80. The topological polar surface area (TPSA) is 237 Å². The van der Waals surface area contributed by atoms with Crippen molar-refractivity contribution in [1.82, 2.24) is 0 Å². The van der Waals surface area contributed by atoms with E-state index in [9.17, 15) is 43.2 Å². The van der Waals surface area contributed by atoms with Gasteiger partial charge >= 0.3 is 39.5 Å². The first-order valence-electron chi connectivity index (χ1n) is 39.4. The van der Waals surface area contributed by atoms with Crippen molar-refractivity contribution in [3.05, 3.63) is 134 Å². The van der Waals surface area contributed by atoms with Gasteiger partial charge in [-0.15, -0.1) is 0 Å². The summed E-state index contributed by atoms with van der Waals surface area (Å²) in [4.78, 5) is 72.9. The molecule has 0 aliphatic heterocycles. The Bertz CT molecular complexity index is 2460. The summed E-state index contributed by atoms with van der Waals surface area (Å²) >= 11 is 0. The van der Waals surface area contributed by atoms with Crippen LogP contribution in [0.3, 0.4) is 0 Å². The van der Waals surface area contributed by atoms with Crippen molar-refractivity contribution in [1.29, 1.82) is 0 Å². The number of esters is 4. The molecule has 0 bridgehead atoms. The Kier molecular flexibility index (Phi) is 71.0. The molecule has 0 aliphatic carbocycles. The molecule has 0 aromatic carbocycles. The van der Waals surface area contributed by atoms with Gasteiger partial charge in [0.2, 0.25) is 0 Å². The van der Waals surface area contributed by atoms with Crippen LogP contribution >= 0.6 is 15.6 Å². The molecule has 0 radical (unpaired) electrons. The third-order valence-electron chi connectivity index (χ3n) is 16.1. The van der Waals surface area contributed by atoms with E-state index >= 15 is 0 Å². The first-order valence-corrected chi connectivity index (χ1v) is 42.4. The van der Waals surface area contributed by atoms with Gasteiger partial charge in [-0.25, -0.2) is 9.13 Å². The van der Waals surface area contributed by atoms with Crippen LogP contribution in [0.1, 0.15) is 310 Å². The highest BCUT2D eigenvalue weighted by Crippen LogP contribution is 2.45. The number of carbonyl (C=O) groups is 4. The maximum atomic E-state index is 13.1. The Morgan fingerprint density at radius 1 is 0.294 bits per heavy atom. The van der Waals surface area contributed by atoms with Crippen molar-refractivity contribution in [2.24, 2.45) is 0 Å². The average molecular weight is 1470 g/mol. The highest BCUT2D eigenvalue weighted by atomic mass is 31.2. The minimum absolute atomic E-state index is 0.0624. The van der Waals surface area contributed by atoms with Crippen molar-refractivity contribution < 1.29 is 80.2 Å². The number of carbonyl (C=O) groups excluding carboxylic acids is 4. The fourth-order valence-corrected chi connectivity index (χ4v) is 11.8. The summed E-state index contributed by atoms with van der Waals surface area (Å²) in [7, 11) is -10.00. The molecule has 0 heterocycles. The highest BCUT2D eigenvalue weighted by molar-refractivity contribution is 7.47. The first-order chi connectivity index (χ1) is 49.7. The molecule has 0 aromatic rings. The third kappa shape index (κ3) is 73.5. The van der Waals surface area contributed by atoms with E-state index in [1.165, 1.54) is 103 Å². The van der Waals surface area contributed by atoms with Gasteiger partial charge in [0.1, 0.15) is 19.3 Å². The number of phosphoric acid groups is 2. The lowest BCUT2D eigenvalue weighted by molar-refractivity contribution is -0.161. The van der Waals surface area contributed by atoms with Crippen LogP contribution in [0.4, 0.5) is 0 Å². The fraction of sp³-hybridized carbons (Fsp3) is 0.687. The van der Waals surface area contributed by atoms with Crippen molar-refractivity contribution in [2.75, 3.05) is 39.6 Å². The highest BCUT2D eigenvalue weighted by Gasteiger charge is 2.30. The standard InChI is InChI=1S/C83H140O17P2/c1-5-9-13-17-21-25-29-33-37-38-42-44-48-52-56-60-64-68-81(86)94-74-79(100-83(88)70-66-62-58-54-50-46-41-36-32-28-24-20-16-12-8-4)76-98-102(91,92)96-72-77(84)71-95-101(89,90)97-75-78(99-82(87)69-65-61-57-53-49-45-40-35-31-27-23-19-15-11-7-3)73-93-80(85)67-63-59-55-51-47-43-39-34-30-26-22-18-14-10-6-2/h9-10,13-14,21-22,25-26,33-35,37,39-40,42,44,47,51-52,56,59,63,77-79,84H,5-8,11-12,15-20,23-24,27-32,36,38,41,43,45-46,48-50,53-55,57-58,60-62,64-76H2,1-4H3,(H,89,90)(H,91,92)/b13-9-,14-10-,25-21-,26-22-,37-33-,39-34-,40-35-,44-42-,51-47-,56-52-,63-59-. The minimum atomic E-state index is -5.00. The summed E-state index contributed by atoms with van der Waals surface area (Å²) in [6, 6.07) is 0. The molecule has 5 atom stereocenters. The van der Waals surface area contributed by atoms with E-state index in [1.807, 2.05) is 30.4 Å². The zero-order valence-electron chi connectivity index (χ0n) is 63.7. The zero-order valence-corrected chi connectivity index (χ0v) is 65.5. The first kappa shape index (κ1) is 97.2. The molecule has 0 rings (SSSR count). The quantitative estimate of drug-likeness (QED) is 0.0169. The number of unbranched alkanes of at least 4 members (excludes halogenated alkanes) is 26. The van der Waals surface area contributed by atoms with Gasteiger partial charge in [-0.1, -0.05) is 303 Å². The molecule has 17 nitrogen and oxygen atoms in total. The van der Waals surface area contributed by atoms with Crippen LogP contribution in [0, 0.1) is 0 Å². The van der Waals surface area contributed by atoms with Crippen molar-refractivity contribution in [3.8, 4) is 0 Å². The van der Waals surface area contributed by atoms with Gasteiger partial charge in [-0.05, 0) is 116 Å². The van der Waals surface area contributed by atoms with Crippen LogP contribution in [-0.4, -0.2) is 96.7 Å². The van der Waals surface area contributed by atoms with Crippen LogP contribution in [0.15, 0.2) is 134 Å². The molecule has 0 saturated carbocycles. The number of hydrogen-bond acceptors (Lipinski definition) is 15. The zero-order chi connectivity index (χ0) is 74.6. The number of aliphatic hydroxyl groups is 1. The van der Waals surface area contributed by atoms with Crippen LogP contribution in [0.25, 0.3) is 0 Å². The molecule has 0 spiro atoms. The SMILES string of the molecule is CC/C=C\C/C=C\C/C=C\C/C=C\C/C=C\CCCC(=O)OCC(COP(=O)(O)OCC(O)COP(=O)(O)OCC(COC(=O)C/C=C\C/C=C\C/C=C\C/C=C\C/C=C\CC)OC(=O)CCCCCCC/C=C\CCCCCCCC)OC(=O)CCCCCCCCCCCCCCCCC. The summed E-state index contributed by atoms with van der Waals surface area (Å²) in [6.45, 7) is 4.47. The molecule has 5 unspecified atom stereocenters. The normalized spacial score (nSPS) is 14.6. The molecule has 0 saturated heterocycles. The predicted molar refractivity (Wildman–Crippen MR) is 418 cm³/mol. The number of hydrogen-bond donors (Lipinski definition) is 3. The van der Waals surface area contributed by atoms with Gasteiger partial charge < -0.3 is 33.8 Å². The Labute approximate surface area is 618 Å². The minimum Gasteiger partial charge on any atom is -0.462 e. The van der Waals surface area contributed by atoms with Gasteiger partial charge in [0.05, 0.1) is 32.8 Å². The van der Waals surface area contributed by atoms with Crippen LogP contribution in [0.5, 0.6) is 0 Å². The molecule has 0 fully saturated rings. The summed E-state index contributed by atoms with van der Waals surface area (Å²) in [5, 5.41) is 10.6. The summed E-state index contributed by atoms with van der Waals surface area (Å²) in [5.41, 5.74) is 0. The third-order valence-corrected chi connectivity index (χ3v) is 18.0. The molecule has 0 aliphatic rings. The predicted octanol–water partition coefficient (Wildman–Crippen LogP) is 22.9. The lowest BCUT2D eigenvalue weighted by Crippen LogP contribution is -2.30. The largest absolute Gasteiger partial charge is 0.472 e. The summed E-state index contributed by atoms with van der Waals surface area (Å²) in [5.74, 6) is -2.39. The molecular formula is C83H140O17P2. The number of rotatable bonds is 73. The number of phosphoric ester groups is 2. The van der Waals surface area contributed by atoms with E-state index < -0.39 is 97.5 Å². The lowest BCUT2D eigenvalue weighted by Gasteiger charge is -2.21. The van der Waals surface area contributed by atoms with E-state index in [2.05, 4.69) is 125 Å². The van der Waals surface area contributed by atoms with Gasteiger partial charge in [0, 0.05) is 19.3 Å². The second-order valence-corrected chi connectivity index (χ2v) is 28.8. The molecule has 0 amide bonds. The van der Waals surface area contributed by atoms with Crippen molar-refractivity contribution in [3.63, 3.8) is 0 Å². The maximum Gasteiger partial charge on any atom is 0.472 e. The van der Waals surface area contributed by atoms with Gasteiger partial charge in [0.15, 0.2) is 12.2 Å². The van der Waals surface area contributed by atoms with Crippen LogP contribution in [-0.2, 0) is 65.4 Å². The fourth-order valence-electron chi connectivity index (χ4n) is 10.2. The second kappa shape index (κ2) is 74.5. The Morgan fingerprint density at radius 3 is 0.912 bits per heavy atom. The molecule has 19 heteroatoms. The van der Waals surface area contributed by atoms with E-state index in [0.29, 0.717) is 32.1 Å². The van der Waals surface area contributed by atoms with Crippen molar-refractivity contribution in [2.45, 2.75) is 329 Å². The molecule has 0 aromatic heterocycles.